The number of nitrogen functional groups attached to an aromatic ring is 1. The lowest BCUT2D eigenvalue weighted by molar-refractivity contribution is 0.0918. The third-order valence-corrected chi connectivity index (χ3v) is 4.76. The summed E-state index contributed by atoms with van der Waals surface area (Å²) in [5.41, 5.74) is 8.13. The van der Waals surface area contributed by atoms with E-state index in [0.717, 1.165) is 35.8 Å². The molecule has 1 fully saturated rings. The first-order valence-electron chi connectivity index (χ1n) is 8.37. The number of pyridine rings is 1. The summed E-state index contributed by atoms with van der Waals surface area (Å²) in [4.78, 5) is 16.7. The van der Waals surface area contributed by atoms with Gasteiger partial charge in [0.1, 0.15) is 11.6 Å². The molecular weight excluding hydrogens is 317 g/mol. The fraction of sp³-hybridized carbons (Fsp3) is 0.200. The lowest BCUT2D eigenvalue weighted by atomic mass is 9.92. The number of nitrogens with two attached hydrogens (primary N) is 1. The molecule has 3 aromatic rings. The van der Waals surface area contributed by atoms with Crippen LogP contribution in [0.5, 0.6) is 0 Å². The van der Waals surface area contributed by atoms with E-state index in [1.54, 1.807) is 6.07 Å². The smallest absolute Gasteiger partial charge is 0.253 e. The Morgan fingerprint density at radius 1 is 1.12 bits per heavy atom. The van der Waals surface area contributed by atoms with Gasteiger partial charge in [-0.25, -0.2) is 9.37 Å². The number of aromatic nitrogens is 1. The van der Waals surface area contributed by atoms with Crippen molar-refractivity contribution in [3.63, 3.8) is 0 Å². The number of nitrogens with one attached hydrogen (secondary N) is 1. The van der Waals surface area contributed by atoms with Crippen LogP contribution in [0.2, 0.25) is 0 Å². The lowest BCUT2D eigenvalue weighted by Gasteiger charge is -2.26. The van der Waals surface area contributed by atoms with Gasteiger partial charge in [-0.3, -0.25) is 4.79 Å². The molecule has 126 valence electrons. The molecule has 25 heavy (non-hydrogen) atoms. The van der Waals surface area contributed by atoms with Crippen LogP contribution in [-0.4, -0.2) is 16.9 Å². The summed E-state index contributed by atoms with van der Waals surface area (Å²) in [5.74, 6) is -0.0635. The van der Waals surface area contributed by atoms with Gasteiger partial charge in [0.05, 0.1) is 5.56 Å². The van der Waals surface area contributed by atoms with E-state index in [2.05, 4.69) is 10.3 Å². The van der Waals surface area contributed by atoms with E-state index in [4.69, 9.17) is 5.73 Å². The Morgan fingerprint density at radius 2 is 1.92 bits per heavy atom. The predicted molar refractivity (Wildman–Crippen MR) is 96.7 cm³/mol. The minimum absolute atomic E-state index is 0.124. The molecule has 1 saturated carbocycles. The molecule has 0 aliphatic heterocycles. The number of rotatable bonds is 3. The van der Waals surface area contributed by atoms with Crippen molar-refractivity contribution in [2.24, 2.45) is 0 Å². The lowest BCUT2D eigenvalue weighted by Crippen LogP contribution is -2.39. The molecule has 0 radical (unpaired) electrons. The molecule has 1 aliphatic carbocycles. The van der Waals surface area contributed by atoms with Crippen LogP contribution in [0.3, 0.4) is 0 Å². The maximum atomic E-state index is 13.5. The molecule has 0 unspecified atom stereocenters. The van der Waals surface area contributed by atoms with Crippen molar-refractivity contribution < 1.29 is 9.18 Å². The molecule has 0 bridgehead atoms. The van der Waals surface area contributed by atoms with Crippen molar-refractivity contribution in [2.45, 2.75) is 25.3 Å². The summed E-state index contributed by atoms with van der Waals surface area (Å²) in [6, 6.07) is 12.2. The van der Waals surface area contributed by atoms with Crippen LogP contribution in [0, 0.1) is 5.82 Å². The first-order valence-corrected chi connectivity index (χ1v) is 8.37. The van der Waals surface area contributed by atoms with E-state index < -0.39 is 0 Å². The van der Waals surface area contributed by atoms with Crippen molar-refractivity contribution in [3.8, 4) is 11.1 Å². The van der Waals surface area contributed by atoms with Gasteiger partial charge in [-0.2, -0.15) is 0 Å². The van der Waals surface area contributed by atoms with E-state index in [9.17, 15) is 9.18 Å². The zero-order valence-electron chi connectivity index (χ0n) is 13.6. The van der Waals surface area contributed by atoms with Gasteiger partial charge in [0, 0.05) is 17.6 Å². The van der Waals surface area contributed by atoms with Crippen LogP contribution in [0.1, 0.15) is 29.6 Å². The van der Waals surface area contributed by atoms with Crippen LogP contribution < -0.4 is 11.1 Å². The fourth-order valence-corrected chi connectivity index (χ4v) is 3.11. The van der Waals surface area contributed by atoms with Crippen molar-refractivity contribution in [3.05, 3.63) is 60.0 Å². The summed E-state index contributed by atoms with van der Waals surface area (Å²) >= 11 is 0. The molecule has 0 atom stereocenters. The van der Waals surface area contributed by atoms with E-state index in [1.165, 1.54) is 18.3 Å². The van der Waals surface area contributed by atoms with Gasteiger partial charge < -0.3 is 11.1 Å². The van der Waals surface area contributed by atoms with Crippen LogP contribution in [0.25, 0.3) is 21.9 Å². The fourth-order valence-electron chi connectivity index (χ4n) is 3.11. The van der Waals surface area contributed by atoms with Gasteiger partial charge >= 0.3 is 0 Å². The van der Waals surface area contributed by atoms with Crippen molar-refractivity contribution in [1.29, 1.82) is 0 Å². The first-order chi connectivity index (χ1) is 12.1. The highest BCUT2D eigenvalue weighted by atomic mass is 19.1. The third-order valence-electron chi connectivity index (χ3n) is 4.76. The molecule has 5 heteroatoms. The average molecular weight is 335 g/mol. The van der Waals surface area contributed by atoms with Crippen molar-refractivity contribution in [2.75, 3.05) is 5.73 Å². The highest BCUT2D eigenvalue weighted by molar-refractivity contribution is 6.09. The maximum absolute atomic E-state index is 13.5. The van der Waals surface area contributed by atoms with E-state index in [1.807, 2.05) is 24.3 Å². The van der Waals surface area contributed by atoms with Crippen LogP contribution in [0.4, 0.5) is 10.2 Å². The molecule has 1 heterocycles. The standard InChI is InChI=1S/C20H18FN3O/c21-14-4-1-3-12(9-14)13-7-8-16-17(10-13)19(22)23-11-18(16)20(25)24-15-5-2-6-15/h1,3-4,7-11,15H,2,5-6H2,(H2,22,23)(H,24,25). The average Bonchev–Trinajstić information content (AvgIpc) is 2.58. The van der Waals surface area contributed by atoms with Gasteiger partial charge in [0.2, 0.25) is 0 Å². The number of nitrogens with zero attached hydrogens (tertiary/aromatic N) is 1. The molecule has 4 rings (SSSR count). The number of hydrogen-bond donors (Lipinski definition) is 2. The first kappa shape index (κ1) is 15.6. The Hall–Kier alpha value is -2.95. The molecule has 0 spiro atoms. The number of benzene rings is 2. The Labute approximate surface area is 144 Å². The molecule has 3 N–H and O–H groups in total. The topological polar surface area (TPSA) is 68.0 Å². The second kappa shape index (κ2) is 6.16. The summed E-state index contributed by atoms with van der Waals surface area (Å²) in [7, 11) is 0. The SMILES string of the molecule is Nc1ncc(C(=O)NC2CCC2)c2ccc(-c3cccc(F)c3)cc12. The second-order valence-corrected chi connectivity index (χ2v) is 6.43. The number of fused-ring (bicyclic) bond motifs is 1. The van der Waals surface area contributed by atoms with E-state index in [-0.39, 0.29) is 17.8 Å². The largest absolute Gasteiger partial charge is 0.383 e. The zero-order valence-corrected chi connectivity index (χ0v) is 13.6. The van der Waals surface area contributed by atoms with Gasteiger partial charge in [-0.05, 0) is 54.0 Å². The molecule has 0 saturated heterocycles. The minimum atomic E-state index is -0.294. The molecule has 1 amide bonds. The number of amides is 1. The number of anilines is 1. The zero-order chi connectivity index (χ0) is 17.4. The molecule has 2 aromatic carbocycles. The number of carbonyl (C=O) groups is 1. The van der Waals surface area contributed by atoms with Gasteiger partial charge in [-0.1, -0.05) is 24.3 Å². The summed E-state index contributed by atoms with van der Waals surface area (Å²) in [6.45, 7) is 0. The maximum Gasteiger partial charge on any atom is 0.253 e. The second-order valence-electron chi connectivity index (χ2n) is 6.43. The van der Waals surface area contributed by atoms with Crippen LogP contribution in [-0.2, 0) is 0 Å². The Kier molecular flexibility index (Phi) is 3.84. The van der Waals surface area contributed by atoms with Crippen LogP contribution in [0.15, 0.2) is 48.7 Å². The number of hydrogen-bond acceptors (Lipinski definition) is 3. The van der Waals surface area contributed by atoms with Gasteiger partial charge in [0.25, 0.3) is 5.91 Å². The normalized spacial score (nSPS) is 14.3. The quantitative estimate of drug-likeness (QED) is 0.762. The van der Waals surface area contributed by atoms with Gasteiger partial charge in [-0.15, -0.1) is 0 Å². The molecule has 1 aromatic heterocycles. The number of halogens is 1. The summed E-state index contributed by atoms with van der Waals surface area (Å²) in [6.07, 6.45) is 4.72. The minimum Gasteiger partial charge on any atom is -0.383 e. The Balaban J connectivity index is 1.77. The third kappa shape index (κ3) is 2.93. The predicted octanol–water partition coefficient (Wildman–Crippen LogP) is 3.91. The molecule has 4 nitrogen and oxygen atoms in total. The Morgan fingerprint density at radius 3 is 2.64 bits per heavy atom. The highest BCUT2D eigenvalue weighted by Crippen LogP contribution is 2.29. The summed E-state index contributed by atoms with van der Waals surface area (Å²) < 4.78 is 13.5. The monoisotopic (exact) mass is 335 g/mol. The number of carbonyl (C=O) groups excluding carboxylic acids is 1. The van der Waals surface area contributed by atoms with Crippen molar-refractivity contribution in [1.82, 2.24) is 10.3 Å². The molecule has 1 aliphatic rings. The molecular formula is C20H18FN3O. The van der Waals surface area contributed by atoms with E-state index >= 15 is 0 Å². The highest BCUT2D eigenvalue weighted by Gasteiger charge is 2.21. The van der Waals surface area contributed by atoms with Gasteiger partial charge in [0.15, 0.2) is 0 Å². The van der Waals surface area contributed by atoms with Crippen molar-refractivity contribution >= 4 is 22.5 Å². The van der Waals surface area contributed by atoms with Crippen LogP contribution >= 0.6 is 0 Å². The summed E-state index contributed by atoms with van der Waals surface area (Å²) in [5, 5.41) is 4.48. The van der Waals surface area contributed by atoms with E-state index in [0.29, 0.717) is 16.8 Å². The Bertz CT molecular complexity index is 966.